The van der Waals surface area contributed by atoms with Crippen molar-refractivity contribution in [2.75, 3.05) is 31.3 Å². The number of nitrogens with zero attached hydrogens (tertiary/aromatic N) is 3. The van der Waals surface area contributed by atoms with Gasteiger partial charge in [-0.15, -0.1) is 13.2 Å². The summed E-state index contributed by atoms with van der Waals surface area (Å²) in [6, 6.07) is 6.68. The Kier molecular flexibility index (Phi) is 10.2. The highest BCUT2D eigenvalue weighted by atomic mass is 19.4. The van der Waals surface area contributed by atoms with Gasteiger partial charge in [-0.1, -0.05) is 12.1 Å². The zero-order chi connectivity index (χ0) is 31.9. The van der Waals surface area contributed by atoms with Crippen LogP contribution in [-0.2, 0) is 17.5 Å². The molecule has 0 aliphatic rings. The van der Waals surface area contributed by atoms with Gasteiger partial charge in [0.1, 0.15) is 11.8 Å². The van der Waals surface area contributed by atoms with Crippen molar-refractivity contribution in [3.05, 3.63) is 71.7 Å². The molecule has 17 heteroatoms. The maximum atomic E-state index is 13.0. The molecule has 1 atom stereocenters. The third-order valence-electron chi connectivity index (χ3n) is 5.81. The molecule has 0 saturated heterocycles. The van der Waals surface area contributed by atoms with E-state index in [0.29, 0.717) is 5.56 Å². The molecular formula is C26H26F6N6O5. The largest absolute Gasteiger partial charge is 0.573 e. The van der Waals surface area contributed by atoms with E-state index >= 15 is 0 Å². The number of likely N-dealkylation sites (N-methyl/N-ethyl adjacent to an activating group) is 1. The number of aromatic nitrogens is 2. The Morgan fingerprint density at radius 1 is 0.977 bits per heavy atom. The van der Waals surface area contributed by atoms with E-state index in [1.54, 1.807) is 14.1 Å². The van der Waals surface area contributed by atoms with Gasteiger partial charge < -0.3 is 25.0 Å². The van der Waals surface area contributed by atoms with Gasteiger partial charge in [0, 0.05) is 25.0 Å². The zero-order valence-electron chi connectivity index (χ0n) is 22.6. The second-order valence-corrected chi connectivity index (χ2v) is 9.29. The van der Waals surface area contributed by atoms with Crippen molar-refractivity contribution in [2.45, 2.75) is 31.5 Å². The summed E-state index contributed by atoms with van der Waals surface area (Å²) in [5.41, 5.74) is -0.399. The highest BCUT2D eigenvalue weighted by Crippen LogP contribution is 2.29. The highest BCUT2D eigenvalue weighted by Gasteiger charge is 2.31. The molecule has 0 unspecified atom stereocenters. The molecule has 0 bridgehead atoms. The van der Waals surface area contributed by atoms with E-state index in [4.69, 9.17) is 0 Å². The molecule has 2 aromatic carbocycles. The maximum Gasteiger partial charge on any atom is 0.573 e. The Morgan fingerprint density at radius 3 is 2.14 bits per heavy atom. The lowest BCUT2D eigenvalue weighted by Crippen LogP contribution is -2.39. The molecular weight excluding hydrogens is 590 g/mol. The molecule has 232 valence electrons. The fraction of sp³-hybridized carbons (Fsp3) is 0.308. The SMILES string of the molecule is CN(C)[C@@H](CCNC(=O)c1nc(NC(=O)Nc2ccc(OC(F)(F)F)cc2)cn1Cc1ccc(C(F)(F)F)cc1)C(=O)O. The lowest BCUT2D eigenvalue weighted by Gasteiger charge is -2.19. The predicted octanol–water partition coefficient (Wildman–Crippen LogP) is 4.63. The van der Waals surface area contributed by atoms with Gasteiger partial charge in [-0.3, -0.25) is 19.8 Å². The summed E-state index contributed by atoms with van der Waals surface area (Å²) >= 11 is 0. The molecule has 4 N–H and O–H groups in total. The molecule has 0 saturated carbocycles. The molecule has 43 heavy (non-hydrogen) atoms. The number of benzene rings is 2. The van der Waals surface area contributed by atoms with Crippen LogP contribution in [0.3, 0.4) is 0 Å². The van der Waals surface area contributed by atoms with Crippen LogP contribution < -0.4 is 20.7 Å². The number of amides is 3. The van der Waals surface area contributed by atoms with Crippen LogP contribution in [0.15, 0.2) is 54.7 Å². The average Bonchev–Trinajstić information content (AvgIpc) is 3.27. The van der Waals surface area contributed by atoms with Crippen LogP contribution >= 0.6 is 0 Å². The van der Waals surface area contributed by atoms with Crippen molar-refractivity contribution in [3.8, 4) is 5.75 Å². The fourth-order valence-corrected chi connectivity index (χ4v) is 3.80. The number of rotatable bonds is 11. The number of carboxylic acids is 1. The molecule has 0 spiro atoms. The number of hydrogen-bond donors (Lipinski definition) is 4. The number of carbonyl (C=O) groups excluding carboxylic acids is 2. The minimum Gasteiger partial charge on any atom is -0.480 e. The van der Waals surface area contributed by atoms with Crippen molar-refractivity contribution in [1.82, 2.24) is 19.8 Å². The zero-order valence-corrected chi connectivity index (χ0v) is 22.6. The number of halogens is 6. The summed E-state index contributed by atoms with van der Waals surface area (Å²) < 4.78 is 80.9. The molecule has 3 aromatic rings. The van der Waals surface area contributed by atoms with E-state index in [1.807, 2.05) is 0 Å². The Balaban J connectivity index is 1.76. The van der Waals surface area contributed by atoms with Gasteiger partial charge in [-0.05, 0) is 62.5 Å². The van der Waals surface area contributed by atoms with Gasteiger partial charge in [0.15, 0.2) is 5.82 Å². The van der Waals surface area contributed by atoms with Crippen LogP contribution in [0.1, 0.15) is 28.2 Å². The first-order valence-corrected chi connectivity index (χ1v) is 12.4. The van der Waals surface area contributed by atoms with Gasteiger partial charge >= 0.3 is 24.5 Å². The van der Waals surface area contributed by atoms with Crippen LogP contribution in [0.4, 0.5) is 42.6 Å². The van der Waals surface area contributed by atoms with Crippen LogP contribution in [0.2, 0.25) is 0 Å². The minimum atomic E-state index is -4.89. The standard InChI is InChI=1S/C26H26F6N6O5/c1-37(2)19(23(40)41)11-12-33-22(39)21-35-20(14-38(21)13-15-3-5-16(6-4-15)25(27,28)29)36-24(42)34-17-7-9-18(10-8-17)43-26(30,31)32/h3-10,14,19H,11-13H2,1-2H3,(H,33,39)(H,40,41)(H2,34,36,42)/t19-/m0/s1. The van der Waals surface area contributed by atoms with Crippen LogP contribution in [0.5, 0.6) is 5.75 Å². The van der Waals surface area contributed by atoms with Crippen molar-refractivity contribution < 1.29 is 50.6 Å². The smallest absolute Gasteiger partial charge is 0.480 e. The molecule has 0 aliphatic carbocycles. The first-order chi connectivity index (χ1) is 20.0. The van der Waals surface area contributed by atoms with Gasteiger partial charge in [0.05, 0.1) is 5.56 Å². The predicted molar refractivity (Wildman–Crippen MR) is 141 cm³/mol. The number of aliphatic carboxylic acids is 1. The summed E-state index contributed by atoms with van der Waals surface area (Å²) in [5.74, 6) is -2.72. The van der Waals surface area contributed by atoms with Gasteiger partial charge in [0.2, 0.25) is 5.82 Å². The summed E-state index contributed by atoms with van der Waals surface area (Å²) in [7, 11) is 3.12. The normalized spacial score (nSPS) is 12.5. The van der Waals surface area contributed by atoms with Crippen LogP contribution in [0, 0.1) is 0 Å². The third-order valence-corrected chi connectivity index (χ3v) is 5.81. The van der Waals surface area contributed by atoms with E-state index in [1.165, 1.54) is 27.8 Å². The molecule has 1 heterocycles. The molecule has 3 rings (SSSR count). The number of nitrogens with one attached hydrogen (secondary N) is 3. The Morgan fingerprint density at radius 2 is 1.60 bits per heavy atom. The first kappa shape index (κ1) is 32.7. The fourth-order valence-electron chi connectivity index (χ4n) is 3.80. The molecule has 1 aromatic heterocycles. The second-order valence-electron chi connectivity index (χ2n) is 9.29. The van der Waals surface area contributed by atoms with Crippen LogP contribution in [-0.4, -0.2) is 70.5 Å². The Bertz CT molecular complexity index is 1420. The van der Waals surface area contributed by atoms with Crippen LogP contribution in [0.25, 0.3) is 0 Å². The number of carbonyl (C=O) groups is 3. The second kappa shape index (κ2) is 13.5. The van der Waals surface area contributed by atoms with Gasteiger partial charge in [0.25, 0.3) is 5.91 Å². The average molecular weight is 617 g/mol. The van der Waals surface area contributed by atoms with Gasteiger partial charge in [-0.25, -0.2) is 9.78 Å². The lowest BCUT2D eigenvalue weighted by atomic mass is 10.1. The van der Waals surface area contributed by atoms with Gasteiger partial charge in [-0.2, -0.15) is 13.2 Å². The Hall–Kier alpha value is -4.80. The van der Waals surface area contributed by atoms with Crippen molar-refractivity contribution in [2.24, 2.45) is 0 Å². The molecule has 3 amide bonds. The van der Waals surface area contributed by atoms with E-state index in [9.17, 15) is 45.8 Å². The number of anilines is 2. The van der Waals surface area contributed by atoms with Crippen molar-refractivity contribution >= 4 is 29.4 Å². The van der Waals surface area contributed by atoms with E-state index in [2.05, 4.69) is 25.7 Å². The van der Waals surface area contributed by atoms with Crippen molar-refractivity contribution in [1.29, 1.82) is 0 Å². The summed E-state index contributed by atoms with van der Waals surface area (Å²) in [4.78, 5) is 42.4. The number of alkyl halides is 6. The number of urea groups is 1. The summed E-state index contributed by atoms with van der Waals surface area (Å²) in [6.45, 7) is -0.175. The first-order valence-electron chi connectivity index (χ1n) is 12.4. The van der Waals surface area contributed by atoms with E-state index in [-0.39, 0.29) is 36.8 Å². The highest BCUT2D eigenvalue weighted by molar-refractivity contribution is 6.00. The number of hydrogen-bond acceptors (Lipinski definition) is 6. The topological polar surface area (TPSA) is 138 Å². The minimum absolute atomic E-state index is 0.0496. The third kappa shape index (κ3) is 9.91. The molecule has 0 fully saturated rings. The molecule has 11 nitrogen and oxygen atoms in total. The summed E-state index contributed by atoms with van der Waals surface area (Å²) in [6.07, 6.45) is -8.13. The Labute approximate surface area is 240 Å². The maximum absolute atomic E-state index is 13.0. The molecule has 0 aliphatic heterocycles. The number of ether oxygens (including phenoxy) is 1. The number of carboxylic acid groups (broad SMARTS) is 1. The lowest BCUT2D eigenvalue weighted by molar-refractivity contribution is -0.274. The van der Waals surface area contributed by atoms with Crippen molar-refractivity contribution in [3.63, 3.8) is 0 Å². The number of imidazole rings is 1. The van der Waals surface area contributed by atoms with E-state index in [0.717, 1.165) is 36.4 Å². The molecule has 0 radical (unpaired) electrons. The summed E-state index contributed by atoms with van der Waals surface area (Å²) in [5, 5.41) is 16.6. The van der Waals surface area contributed by atoms with E-state index < -0.39 is 47.8 Å². The monoisotopic (exact) mass is 616 g/mol. The quantitative estimate of drug-likeness (QED) is 0.231.